The molecule has 1 aliphatic rings. The van der Waals surface area contributed by atoms with Crippen LogP contribution < -0.4 is 10.9 Å². The fourth-order valence-electron chi connectivity index (χ4n) is 4.39. The van der Waals surface area contributed by atoms with E-state index in [2.05, 4.69) is 42.1 Å². The quantitative estimate of drug-likeness (QED) is 0.383. The van der Waals surface area contributed by atoms with Crippen LogP contribution in [0, 0.1) is 13.8 Å². The highest BCUT2D eigenvalue weighted by Gasteiger charge is 2.22. The van der Waals surface area contributed by atoms with Crippen LogP contribution in [-0.4, -0.2) is 19.9 Å². The first-order chi connectivity index (χ1) is 14.0. The van der Waals surface area contributed by atoms with E-state index in [0.717, 1.165) is 46.1 Å². The van der Waals surface area contributed by atoms with Crippen molar-refractivity contribution in [2.75, 3.05) is 0 Å². The van der Waals surface area contributed by atoms with E-state index < -0.39 is 6.23 Å². The Morgan fingerprint density at radius 1 is 1.31 bits per heavy atom. The van der Waals surface area contributed by atoms with Gasteiger partial charge < -0.3 is 10.1 Å². The second kappa shape index (κ2) is 8.42. The van der Waals surface area contributed by atoms with Gasteiger partial charge in [-0.3, -0.25) is 14.8 Å². The number of halogens is 1. The van der Waals surface area contributed by atoms with E-state index in [0.29, 0.717) is 23.5 Å². The molecule has 1 atom stereocenters. The highest BCUT2D eigenvalue weighted by molar-refractivity contribution is 9.08. The lowest BCUT2D eigenvalue weighted by Gasteiger charge is -2.17. The van der Waals surface area contributed by atoms with Crippen molar-refractivity contribution in [2.24, 2.45) is 0 Å². The maximum Gasteiger partial charge on any atom is 0.252 e. The maximum absolute atomic E-state index is 12.3. The van der Waals surface area contributed by atoms with Crippen LogP contribution in [0.4, 0.5) is 0 Å². The van der Waals surface area contributed by atoms with Crippen molar-refractivity contribution in [1.29, 1.82) is 0 Å². The highest BCUT2D eigenvalue weighted by Crippen LogP contribution is 2.34. The van der Waals surface area contributed by atoms with Gasteiger partial charge in [0.05, 0.1) is 17.8 Å². The molecule has 6 nitrogen and oxygen atoms in total. The number of aliphatic hydroxyl groups excluding tert-OH is 1. The van der Waals surface area contributed by atoms with Gasteiger partial charge in [-0.05, 0) is 49.9 Å². The highest BCUT2D eigenvalue weighted by atomic mass is 79.9. The Kier molecular flexibility index (Phi) is 5.90. The lowest BCUT2D eigenvalue weighted by atomic mass is 10.0. The van der Waals surface area contributed by atoms with Crippen LogP contribution in [0.15, 0.2) is 29.2 Å². The van der Waals surface area contributed by atoms with Crippen molar-refractivity contribution in [3.63, 3.8) is 0 Å². The Morgan fingerprint density at radius 3 is 2.76 bits per heavy atom. The SMILES string of the molecule is Cc1cc(C)c(CNC(O)c2cc(CBr)cc3c2cnn3C2CCCC2)c(=O)[nH]1. The number of aromatic nitrogens is 3. The number of benzene rings is 1. The van der Waals surface area contributed by atoms with Gasteiger partial charge in [0, 0.05) is 34.1 Å². The average molecular weight is 459 g/mol. The standard InChI is InChI=1S/C22H27BrN4O2/c1-13-7-14(2)26-22(29)18(13)11-24-21(28)17-8-15(10-23)9-20-19(17)12-25-27(20)16-5-3-4-6-16/h7-9,12,16,21,24,28H,3-6,10-11H2,1-2H3,(H,26,29). The second-order valence-electron chi connectivity index (χ2n) is 8.01. The third-order valence-corrected chi connectivity index (χ3v) is 6.54. The molecule has 0 radical (unpaired) electrons. The molecule has 0 aliphatic heterocycles. The van der Waals surface area contributed by atoms with E-state index in [4.69, 9.17) is 0 Å². The van der Waals surface area contributed by atoms with E-state index in [1.807, 2.05) is 32.2 Å². The molecule has 1 saturated carbocycles. The largest absolute Gasteiger partial charge is 0.374 e. The van der Waals surface area contributed by atoms with Gasteiger partial charge in [0.1, 0.15) is 6.23 Å². The summed E-state index contributed by atoms with van der Waals surface area (Å²) in [5.74, 6) is 0. The van der Waals surface area contributed by atoms with Crippen molar-refractivity contribution in [3.8, 4) is 0 Å². The minimum atomic E-state index is -0.891. The molecular formula is C22H27BrN4O2. The number of aryl methyl sites for hydroxylation is 2. The summed E-state index contributed by atoms with van der Waals surface area (Å²) < 4.78 is 2.12. The summed E-state index contributed by atoms with van der Waals surface area (Å²) in [6.45, 7) is 4.07. The number of hydrogen-bond donors (Lipinski definition) is 3. The second-order valence-corrected chi connectivity index (χ2v) is 8.57. The molecule has 29 heavy (non-hydrogen) atoms. The third-order valence-electron chi connectivity index (χ3n) is 5.89. The fourth-order valence-corrected chi connectivity index (χ4v) is 4.71. The van der Waals surface area contributed by atoms with Crippen LogP contribution >= 0.6 is 15.9 Å². The molecule has 4 rings (SSSR count). The summed E-state index contributed by atoms with van der Waals surface area (Å²) in [4.78, 5) is 15.1. The van der Waals surface area contributed by atoms with Crippen LogP contribution in [0.5, 0.6) is 0 Å². The van der Waals surface area contributed by atoms with Crippen LogP contribution in [0.25, 0.3) is 10.9 Å². The molecule has 1 aliphatic carbocycles. The number of pyridine rings is 1. The number of aliphatic hydroxyl groups is 1. The Balaban J connectivity index is 1.65. The maximum atomic E-state index is 12.3. The molecule has 1 fully saturated rings. The molecular weight excluding hydrogens is 432 g/mol. The lowest BCUT2D eigenvalue weighted by molar-refractivity contribution is 0.138. The predicted molar refractivity (Wildman–Crippen MR) is 118 cm³/mol. The van der Waals surface area contributed by atoms with Crippen LogP contribution in [0.2, 0.25) is 0 Å². The molecule has 0 spiro atoms. The minimum Gasteiger partial charge on any atom is -0.374 e. The number of aromatic amines is 1. The topological polar surface area (TPSA) is 82.9 Å². The molecule has 0 bridgehead atoms. The van der Waals surface area contributed by atoms with Crippen LogP contribution in [-0.2, 0) is 11.9 Å². The van der Waals surface area contributed by atoms with Crippen molar-refractivity contribution in [1.82, 2.24) is 20.1 Å². The number of alkyl halides is 1. The van der Waals surface area contributed by atoms with Gasteiger partial charge in [0.15, 0.2) is 0 Å². The first-order valence-electron chi connectivity index (χ1n) is 10.1. The summed E-state index contributed by atoms with van der Waals surface area (Å²) in [5.41, 5.74) is 5.23. The zero-order valence-corrected chi connectivity index (χ0v) is 18.4. The molecule has 1 unspecified atom stereocenters. The Bertz CT molecular complexity index is 1080. The van der Waals surface area contributed by atoms with Gasteiger partial charge >= 0.3 is 0 Å². The number of H-pyrrole nitrogens is 1. The van der Waals surface area contributed by atoms with Crippen molar-refractivity contribution >= 4 is 26.8 Å². The molecule has 0 amide bonds. The van der Waals surface area contributed by atoms with Crippen molar-refractivity contribution in [2.45, 2.75) is 63.7 Å². The Morgan fingerprint density at radius 2 is 2.07 bits per heavy atom. The van der Waals surface area contributed by atoms with E-state index in [9.17, 15) is 9.90 Å². The number of rotatable bonds is 6. The normalized spacial score (nSPS) is 16.0. The number of fused-ring (bicyclic) bond motifs is 1. The lowest BCUT2D eigenvalue weighted by Crippen LogP contribution is -2.26. The molecule has 3 N–H and O–H groups in total. The number of nitrogens with zero attached hydrogens (tertiary/aromatic N) is 2. The van der Waals surface area contributed by atoms with Gasteiger partial charge in [-0.1, -0.05) is 34.8 Å². The number of nitrogens with one attached hydrogen (secondary N) is 2. The third kappa shape index (κ3) is 4.04. The Labute approximate surface area is 178 Å². The molecule has 7 heteroatoms. The van der Waals surface area contributed by atoms with Gasteiger partial charge in [-0.25, -0.2) is 0 Å². The van der Waals surface area contributed by atoms with Gasteiger partial charge in [-0.15, -0.1) is 0 Å². The van der Waals surface area contributed by atoms with E-state index in [1.54, 1.807) is 0 Å². The number of hydrogen-bond acceptors (Lipinski definition) is 4. The summed E-state index contributed by atoms with van der Waals surface area (Å²) in [7, 11) is 0. The van der Waals surface area contributed by atoms with E-state index in [-0.39, 0.29) is 5.56 Å². The smallest absolute Gasteiger partial charge is 0.252 e. The molecule has 3 aromatic rings. The van der Waals surface area contributed by atoms with Crippen LogP contribution in [0.3, 0.4) is 0 Å². The average Bonchev–Trinajstić information content (AvgIpc) is 3.35. The molecule has 154 valence electrons. The first-order valence-corrected chi connectivity index (χ1v) is 11.3. The summed E-state index contributed by atoms with van der Waals surface area (Å²) in [6, 6.07) is 6.53. The van der Waals surface area contributed by atoms with Crippen molar-refractivity contribution < 1.29 is 5.11 Å². The van der Waals surface area contributed by atoms with Gasteiger partial charge in [-0.2, -0.15) is 5.10 Å². The van der Waals surface area contributed by atoms with Gasteiger partial charge in [0.2, 0.25) is 0 Å². The van der Waals surface area contributed by atoms with Crippen molar-refractivity contribution in [3.05, 3.63) is 62.7 Å². The minimum absolute atomic E-state index is 0.115. The van der Waals surface area contributed by atoms with Gasteiger partial charge in [0.25, 0.3) is 5.56 Å². The monoisotopic (exact) mass is 458 g/mol. The summed E-state index contributed by atoms with van der Waals surface area (Å²) in [5, 5.41) is 20.4. The zero-order chi connectivity index (χ0) is 20.5. The fraction of sp³-hybridized carbons (Fsp3) is 0.455. The molecule has 2 heterocycles. The molecule has 2 aromatic heterocycles. The van der Waals surface area contributed by atoms with Crippen LogP contribution in [0.1, 0.15) is 65.9 Å². The summed E-state index contributed by atoms with van der Waals surface area (Å²) in [6.07, 6.45) is 5.76. The van der Waals surface area contributed by atoms with E-state index in [1.165, 1.54) is 12.8 Å². The predicted octanol–water partition coefficient (Wildman–Crippen LogP) is 4.13. The summed E-state index contributed by atoms with van der Waals surface area (Å²) >= 11 is 3.55. The zero-order valence-electron chi connectivity index (χ0n) is 16.8. The molecule has 0 saturated heterocycles. The Hall–Kier alpha value is -1.96. The van der Waals surface area contributed by atoms with E-state index >= 15 is 0 Å². The molecule has 1 aromatic carbocycles. The first kappa shape index (κ1) is 20.3.